The van der Waals surface area contributed by atoms with Gasteiger partial charge in [0.05, 0.1) is 31.8 Å². The van der Waals surface area contributed by atoms with Gasteiger partial charge >= 0.3 is 5.97 Å². The number of carboxylic acid groups (broad SMARTS) is 1. The van der Waals surface area contributed by atoms with Crippen LogP contribution in [0.3, 0.4) is 0 Å². The summed E-state index contributed by atoms with van der Waals surface area (Å²) in [5, 5.41) is 8.40. The summed E-state index contributed by atoms with van der Waals surface area (Å²) in [5.41, 5.74) is 2.29. The van der Waals surface area contributed by atoms with Gasteiger partial charge in [0.15, 0.2) is 0 Å². The summed E-state index contributed by atoms with van der Waals surface area (Å²) in [7, 11) is 4.23. The maximum Gasteiger partial charge on any atom is 0.305 e. The summed E-state index contributed by atoms with van der Waals surface area (Å²) >= 11 is 0. The average molecular weight is 488 g/mol. The van der Waals surface area contributed by atoms with Gasteiger partial charge in [-0.05, 0) is 64.9 Å². The minimum absolute atomic E-state index is 0.0277. The lowest BCUT2D eigenvalue weighted by Crippen LogP contribution is -2.53. The molecule has 1 N–H and O–H groups in total. The minimum Gasteiger partial charge on any atom is -0.481 e. The van der Waals surface area contributed by atoms with Crippen LogP contribution < -0.4 is 4.90 Å². The van der Waals surface area contributed by atoms with Crippen molar-refractivity contribution < 1.29 is 19.4 Å². The number of hydrogen-bond acceptors (Lipinski definition) is 6. The highest BCUT2D eigenvalue weighted by Crippen LogP contribution is 2.28. The Labute approximate surface area is 212 Å². The van der Waals surface area contributed by atoms with E-state index in [-0.39, 0.29) is 18.6 Å². The van der Waals surface area contributed by atoms with E-state index in [2.05, 4.69) is 48.4 Å². The molecule has 0 radical (unpaired) electrons. The van der Waals surface area contributed by atoms with Gasteiger partial charge in [0.2, 0.25) is 0 Å². The van der Waals surface area contributed by atoms with Crippen LogP contribution in [0.1, 0.15) is 46.5 Å². The maximum absolute atomic E-state index is 10.2. The highest BCUT2D eigenvalue weighted by atomic mass is 16.5. The third kappa shape index (κ3) is 13.3. The molecule has 0 bridgehead atoms. The number of rotatable bonds is 13. The predicted molar refractivity (Wildman–Crippen MR) is 144 cm³/mol. The van der Waals surface area contributed by atoms with Crippen molar-refractivity contribution in [2.45, 2.75) is 52.1 Å². The first-order valence-electron chi connectivity index (χ1n) is 12.4. The van der Waals surface area contributed by atoms with Crippen molar-refractivity contribution in [2.75, 3.05) is 58.5 Å². The van der Waals surface area contributed by atoms with Gasteiger partial charge in [-0.15, -0.1) is 0 Å². The molecule has 35 heavy (non-hydrogen) atoms. The molecule has 1 aliphatic rings. The van der Waals surface area contributed by atoms with Gasteiger partial charge in [0, 0.05) is 25.8 Å². The van der Waals surface area contributed by atoms with Crippen molar-refractivity contribution >= 4 is 11.8 Å². The molecule has 7 nitrogen and oxygen atoms in total. The summed E-state index contributed by atoms with van der Waals surface area (Å²) in [6.45, 7) is 14.5. The quantitative estimate of drug-likeness (QED) is 0.311. The molecule has 2 heterocycles. The smallest absolute Gasteiger partial charge is 0.305 e. The molecule has 1 aliphatic heterocycles. The fourth-order valence-electron chi connectivity index (χ4n) is 3.53. The number of aliphatic carboxylic acids is 1. The Morgan fingerprint density at radius 1 is 1.29 bits per heavy atom. The monoisotopic (exact) mass is 487 g/mol. The molecule has 1 fully saturated rings. The topological polar surface area (TPSA) is 75.1 Å². The zero-order chi connectivity index (χ0) is 26.1. The number of allylic oxidation sites excluding steroid dienone is 4. The number of hydrogen-bond donors (Lipinski definition) is 1. The van der Waals surface area contributed by atoms with E-state index in [0.29, 0.717) is 6.61 Å². The van der Waals surface area contributed by atoms with Crippen LogP contribution >= 0.6 is 0 Å². The van der Waals surface area contributed by atoms with E-state index in [1.807, 2.05) is 44.3 Å². The van der Waals surface area contributed by atoms with E-state index in [1.165, 1.54) is 5.57 Å². The Balaban J connectivity index is 0.000000357. The van der Waals surface area contributed by atoms with Crippen LogP contribution in [0.4, 0.5) is 5.82 Å². The Morgan fingerprint density at radius 2 is 2.03 bits per heavy atom. The zero-order valence-electron chi connectivity index (χ0n) is 22.3. The van der Waals surface area contributed by atoms with Crippen molar-refractivity contribution in [1.29, 1.82) is 0 Å². The van der Waals surface area contributed by atoms with E-state index in [0.717, 1.165) is 56.9 Å². The minimum atomic E-state index is -0.830. The molecule has 2 rings (SSSR count). The molecule has 1 unspecified atom stereocenters. The molecule has 7 heteroatoms. The number of carbonyl (C=O) groups is 1. The summed E-state index contributed by atoms with van der Waals surface area (Å²) in [6.07, 6.45) is 10.6. The van der Waals surface area contributed by atoms with Gasteiger partial charge in [0.25, 0.3) is 0 Å². The fourth-order valence-corrected chi connectivity index (χ4v) is 3.53. The Hall–Kier alpha value is -2.48. The lowest BCUT2D eigenvalue weighted by Gasteiger charge is -2.43. The summed E-state index contributed by atoms with van der Waals surface area (Å²) in [4.78, 5) is 19.2. The Kier molecular flexibility index (Phi) is 14.9. The van der Waals surface area contributed by atoms with Gasteiger partial charge in [-0.3, -0.25) is 4.79 Å². The number of nitrogens with zero attached hydrogens (tertiary/aromatic N) is 3. The number of carboxylic acids is 1. The second kappa shape index (κ2) is 17.0. The van der Waals surface area contributed by atoms with Crippen LogP contribution in [0, 0.1) is 0 Å². The van der Waals surface area contributed by atoms with Gasteiger partial charge in [-0.1, -0.05) is 43.4 Å². The van der Waals surface area contributed by atoms with Gasteiger partial charge in [-0.2, -0.15) is 0 Å². The number of aromatic nitrogens is 1. The van der Waals surface area contributed by atoms with Crippen LogP contribution in [0.2, 0.25) is 0 Å². The highest BCUT2D eigenvalue weighted by Gasteiger charge is 2.35. The van der Waals surface area contributed by atoms with E-state index < -0.39 is 5.97 Å². The van der Waals surface area contributed by atoms with E-state index in [9.17, 15) is 4.79 Å². The second-order valence-corrected chi connectivity index (χ2v) is 9.24. The number of pyridine rings is 1. The summed E-state index contributed by atoms with van der Waals surface area (Å²) in [5.74, 6) is 0.234. The van der Waals surface area contributed by atoms with Crippen LogP contribution in [0.5, 0.6) is 0 Å². The molecule has 0 spiro atoms. The molecule has 1 aromatic rings. The van der Waals surface area contributed by atoms with Gasteiger partial charge in [0.1, 0.15) is 5.82 Å². The molecule has 196 valence electrons. The summed E-state index contributed by atoms with van der Waals surface area (Å²) < 4.78 is 11.3. The standard InChI is InChI=1S/C15H25N3O.C13H20O3/c1-4-15(8-10-17(2)3)13-18(11-12-19-15)14-7-5-6-9-16-14;1-4-12(6-5-11(2)3)7-9-16-10-8-13(14)15/h5-7,9H,4,8,10-13H2,1-3H3;4-6H,1,7-10H2,2-3H3,(H,14,15)/b;12-6+. The lowest BCUT2D eigenvalue weighted by molar-refractivity contribution is -0.138. The van der Waals surface area contributed by atoms with Crippen LogP contribution in [-0.4, -0.2) is 80.1 Å². The maximum atomic E-state index is 10.2. The van der Waals surface area contributed by atoms with Crippen LogP contribution in [-0.2, 0) is 14.3 Å². The van der Waals surface area contributed by atoms with E-state index >= 15 is 0 Å². The molecule has 0 aromatic carbocycles. The zero-order valence-corrected chi connectivity index (χ0v) is 22.3. The first-order valence-corrected chi connectivity index (χ1v) is 12.4. The van der Waals surface area contributed by atoms with Crippen molar-refractivity contribution in [1.82, 2.24) is 9.88 Å². The average Bonchev–Trinajstić information content (AvgIpc) is 2.85. The lowest BCUT2D eigenvalue weighted by atomic mass is 9.93. The van der Waals surface area contributed by atoms with Crippen molar-refractivity contribution in [3.05, 3.63) is 60.3 Å². The molecule has 0 saturated carbocycles. The molecule has 1 saturated heterocycles. The molecular formula is C28H45N3O4. The first kappa shape index (κ1) is 30.6. The molecule has 0 amide bonds. The van der Waals surface area contributed by atoms with Crippen LogP contribution in [0.15, 0.2) is 60.3 Å². The van der Waals surface area contributed by atoms with Gasteiger partial charge < -0.3 is 24.4 Å². The second-order valence-electron chi connectivity index (χ2n) is 9.24. The normalized spacial score (nSPS) is 18.0. The fraction of sp³-hybridized carbons (Fsp3) is 0.571. The van der Waals surface area contributed by atoms with E-state index in [1.54, 1.807) is 6.08 Å². The molecular weight excluding hydrogens is 442 g/mol. The van der Waals surface area contributed by atoms with Gasteiger partial charge in [-0.25, -0.2) is 4.98 Å². The SMILES string of the molecule is C=C/C(=C\C=C(C)C)CCOCCC(=O)O.CCC1(CCN(C)C)CN(c2ccccn2)CCO1. The largest absolute Gasteiger partial charge is 0.481 e. The Morgan fingerprint density at radius 3 is 2.60 bits per heavy atom. The molecule has 1 atom stereocenters. The predicted octanol–water partition coefficient (Wildman–Crippen LogP) is 4.97. The Bertz CT molecular complexity index is 804. The third-order valence-electron chi connectivity index (χ3n) is 5.77. The molecule has 0 aliphatic carbocycles. The van der Waals surface area contributed by atoms with Crippen molar-refractivity contribution in [3.8, 4) is 0 Å². The van der Waals surface area contributed by atoms with Crippen molar-refractivity contribution in [3.63, 3.8) is 0 Å². The van der Waals surface area contributed by atoms with Crippen molar-refractivity contribution in [2.24, 2.45) is 0 Å². The number of ether oxygens (including phenoxy) is 2. The number of morpholine rings is 1. The third-order valence-corrected chi connectivity index (χ3v) is 5.77. The van der Waals surface area contributed by atoms with Crippen LogP contribution in [0.25, 0.3) is 0 Å². The summed E-state index contributed by atoms with van der Waals surface area (Å²) in [6, 6.07) is 6.09. The number of anilines is 1. The molecule has 1 aromatic heterocycles. The van der Waals surface area contributed by atoms with E-state index in [4.69, 9.17) is 14.6 Å². The first-order chi connectivity index (χ1) is 16.7. The highest BCUT2D eigenvalue weighted by molar-refractivity contribution is 5.66.